The van der Waals surface area contributed by atoms with Crippen LogP contribution in [0.4, 0.5) is 5.13 Å². The number of benzene rings is 1. The van der Waals surface area contributed by atoms with Crippen LogP contribution in [0.2, 0.25) is 0 Å². The predicted molar refractivity (Wildman–Crippen MR) is 110 cm³/mol. The molecule has 0 saturated carbocycles. The zero-order valence-electron chi connectivity index (χ0n) is 15.9. The van der Waals surface area contributed by atoms with Gasteiger partial charge in [0, 0.05) is 44.3 Å². The van der Waals surface area contributed by atoms with Gasteiger partial charge in [0.15, 0.2) is 22.6 Å². The molecule has 2 heterocycles. The van der Waals surface area contributed by atoms with Gasteiger partial charge in [0.1, 0.15) is 0 Å². The molecule has 0 radical (unpaired) electrons. The molecule has 3 rings (SSSR count). The van der Waals surface area contributed by atoms with E-state index >= 15 is 0 Å². The molecule has 0 amide bonds. The summed E-state index contributed by atoms with van der Waals surface area (Å²) in [5.41, 5.74) is 7.39. The molecule has 0 atom stereocenters. The van der Waals surface area contributed by atoms with Crippen molar-refractivity contribution in [1.82, 2.24) is 9.88 Å². The van der Waals surface area contributed by atoms with Crippen LogP contribution in [-0.4, -0.2) is 62.8 Å². The van der Waals surface area contributed by atoms with Crippen molar-refractivity contribution < 1.29 is 9.47 Å². The van der Waals surface area contributed by atoms with E-state index in [-0.39, 0.29) is 0 Å². The molecular formula is C19H27N5O2S. The van der Waals surface area contributed by atoms with E-state index in [0.29, 0.717) is 12.5 Å². The lowest BCUT2D eigenvalue weighted by Gasteiger charge is -2.35. The molecule has 27 heavy (non-hydrogen) atoms. The van der Waals surface area contributed by atoms with Crippen molar-refractivity contribution in [3.05, 3.63) is 35.3 Å². The highest BCUT2D eigenvalue weighted by Gasteiger charge is 2.19. The standard InChI is InChI=1S/C19H27N5O2S/c1-25-16-6-5-15(14-17(16)26-2)4-3-7-21-18(20)23-9-11-24(12-10-23)19-22-8-13-27-19/h5-6,8,13-14H,3-4,7,9-12H2,1-2H3,(H2,20,21). The van der Waals surface area contributed by atoms with Gasteiger partial charge in [0.2, 0.25) is 0 Å². The zero-order chi connectivity index (χ0) is 19.1. The summed E-state index contributed by atoms with van der Waals surface area (Å²) in [7, 11) is 3.30. The molecule has 1 aromatic heterocycles. The Morgan fingerprint density at radius 2 is 1.96 bits per heavy atom. The van der Waals surface area contributed by atoms with E-state index in [4.69, 9.17) is 15.2 Å². The summed E-state index contributed by atoms with van der Waals surface area (Å²) in [6, 6.07) is 6.02. The van der Waals surface area contributed by atoms with Gasteiger partial charge in [-0.2, -0.15) is 0 Å². The van der Waals surface area contributed by atoms with Gasteiger partial charge in [-0.1, -0.05) is 6.07 Å². The number of anilines is 1. The van der Waals surface area contributed by atoms with Crippen molar-refractivity contribution in [2.75, 3.05) is 51.8 Å². The third-order valence-corrected chi connectivity index (χ3v) is 5.47. The number of nitrogens with zero attached hydrogens (tertiary/aromatic N) is 4. The van der Waals surface area contributed by atoms with Gasteiger partial charge in [0.05, 0.1) is 14.2 Å². The SMILES string of the molecule is COc1ccc(CCCN=C(N)N2CCN(c3nccs3)CC2)cc1OC. The Bertz CT molecular complexity index is 743. The number of guanidine groups is 1. The van der Waals surface area contributed by atoms with E-state index in [1.807, 2.05) is 23.7 Å². The first-order chi connectivity index (χ1) is 13.2. The number of aryl methyl sites for hydroxylation is 1. The van der Waals surface area contributed by atoms with E-state index < -0.39 is 0 Å². The largest absolute Gasteiger partial charge is 0.493 e. The Morgan fingerprint density at radius 3 is 2.63 bits per heavy atom. The Morgan fingerprint density at radius 1 is 1.19 bits per heavy atom. The fourth-order valence-electron chi connectivity index (χ4n) is 3.11. The molecule has 7 nitrogen and oxygen atoms in total. The quantitative estimate of drug-likeness (QED) is 0.445. The Kier molecular flexibility index (Phi) is 6.75. The molecule has 1 aliphatic heterocycles. The summed E-state index contributed by atoms with van der Waals surface area (Å²) in [6.07, 6.45) is 3.71. The minimum absolute atomic E-state index is 0.640. The molecule has 0 bridgehead atoms. The van der Waals surface area contributed by atoms with Crippen LogP contribution in [0.3, 0.4) is 0 Å². The van der Waals surface area contributed by atoms with E-state index in [9.17, 15) is 0 Å². The number of methoxy groups -OCH3 is 2. The number of hydrogen-bond acceptors (Lipinski definition) is 6. The van der Waals surface area contributed by atoms with Gasteiger partial charge in [-0.3, -0.25) is 4.99 Å². The first kappa shape index (κ1) is 19.3. The molecule has 0 unspecified atom stereocenters. The van der Waals surface area contributed by atoms with Gasteiger partial charge < -0.3 is 25.0 Å². The van der Waals surface area contributed by atoms with Crippen LogP contribution >= 0.6 is 11.3 Å². The molecule has 2 N–H and O–H groups in total. The average molecular weight is 390 g/mol. The van der Waals surface area contributed by atoms with Crippen LogP contribution in [0, 0.1) is 0 Å². The van der Waals surface area contributed by atoms with E-state index in [2.05, 4.69) is 25.8 Å². The first-order valence-corrected chi connectivity index (χ1v) is 9.99. The topological polar surface area (TPSA) is 76.2 Å². The maximum Gasteiger partial charge on any atom is 0.191 e. The zero-order valence-corrected chi connectivity index (χ0v) is 16.7. The van der Waals surface area contributed by atoms with Gasteiger partial charge in [-0.25, -0.2) is 4.98 Å². The number of hydrogen-bond donors (Lipinski definition) is 1. The molecule has 146 valence electrons. The fraction of sp³-hybridized carbons (Fsp3) is 0.474. The molecule has 0 spiro atoms. The summed E-state index contributed by atoms with van der Waals surface area (Å²) in [5.74, 6) is 2.15. The minimum Gasteiger partial charge on any atom is -0.493 e. The first-order valence-electron chi connectivity index (χ1n) is 9.11. The second kappa shape index (κ2) is 9.45. The summed E-state index contributed by atoms with van der Waals surface area (Å²) < 4.78 is 10.6. The minimum atomic E-state index is 0.640. The normalized spacial score (nSPS) is 15.1. The third-order valence-electron chi connectivity index (χ3n) is 4.64. The van der Waals surface area contributed by atoms with Crippen LogP contribution in [-0.2, 0) is 6.42 Å². The number of nitrogens with two attached hydrogens (primary N) is 1. The number of rotatable bonds is 7. The van der Waals surface area contributed by atoms with Crippen molar-refractivity contribution in [3.63, 3.8) is 0 Å². The monoisotopic (exact) mass is 389 g/mol. The van der Waals surface area contributed by atoms with Gasteiger partial charge >= 0.3 is 0 Å². The third kappa shape index (κ3) is 5.03. The van der Waals surface area contributed by atoms with Crippen LogP contribution in [0.1, 0.15) is 12.0 Å². The Labute approximate surface area is 164 Å². The lowest BCUT2D eigenvalue weighted by molar-refractivity contribution is 0.354. The lowest BCUT2D eigenvalue weighted by atomic mass is 10.1. The van der Waals surface area contributed by atoms with Crippen LogP contribution in [0.15, 0.2) is 34.8 Å². The van der Waals surface area contributed by atoms with Crippen LogP contribution in [0.25, 0.3) is 0 Å². The van der Waals surface area contributed by atoms with Crippen LogP contribution in [0.5, 0.6) is 11.5 Å². The summed E-state index contributed by atoms with van der Waals surface area (Å²) in [6.45, 7) is 4.33. The fourth-order valence-corrected chi connectivity index (χ4v) is 3.81. The summed E-state index contributed by atoms with van der Waals surface area (Å²) in [5, 5.41) is 3.09. The van der Waals surface area contributed by atoms with Crippen molar-refractivity contribution in [3.8, 4) is 11.5 Å². The molecular weight excluding hydrogens is 362 g/mol. The van der Waals surface area contributed by atoms with Crippen molar-refractivity contribution in [2.45, 2.75) is 12.8 Å². The average Bonchev–Trinajstić information content (AvgIpc) is 3.26. The number of aromatic nitrogens is 1. The molecule has 1 fully saturated rings. The van der Waals surface area contributed by atoms with Crippen molar-refractivity contribution >= 4 is 22.4 Å². The highest BCUT2D eigenvalue weighted by atomic mass is 32.1. The second-order valence-corrected chi connectivity index (χ2v) is 7.19. The molecule has 1 aromatic carbocycles. The molecule has 0 aliphatic carbocycles. The van der Waals surface area contributed by atoms with Gasteiger partial charge in [-0.15, -0.1) is 11.3 Å². The second-order valence-electron chi connectivity index (χ2n) is 6.32. The van der Waals surface area contributed by atoms with Crippen LogP contribution < -0.4 is 20.1 Å². The Hall–Kier alpha value is -2.48. The maximum absolute atomic E-state index is 6.18. The Balaban J connectivity index is 1.43. The van der Waals surface area contributed by atoms with Crippen molar-refractivity contribution in [1.29, 1.82) is 0 Å². The molecule has 2 aromatic rings. The maximum atomic E-state index is 6.18. The van der Waals surface area contributed by atoms with Gasteiger partial charge in [0.25, 0.3) is 0 Å². The number of ether oxygens (including phenoxy) is 2. The number of thiazole rings is 1. The number of piperazine rings is 1. The highest BCUT2D eigenvalue weighted by molar-refractivity contribution is 7.13. The lowest BCUT2D eigenvalue weighted by Crippen LogP contribution is -2.51. The van der Waals surface area contributed by atoms with E-state index in [0.717, 1.165) is 55.7 Å². The van der Waals surface area contributed by atoms with Crippen molar-refractivity contribution in [2.24, 2.45) is 10.7 Å². The molecule has 8 heteroatoms. The predicted octanol–water partition coefficient (Wildman–Crippen LogP) is 2.23. The highest BCUT2D eigenvalue weighted by Crippen LogP contribution is 2.28. The van der Waals surface area contributed by atoms with Gasteiger partial charge in [-0.05, 0) is 30.5 Å². The van der Waals surface area contributed by atoms with E-state index in [1.165, 1.54) is 5.56 Å². The smallest absolute Gasteiger partial charge is 0.191 e. The summed E-state index contributed by atoms with van der Waals surface area (Å²) >= 11 is 1.68. The molecule has 1 aliphatic rings. The summed E-state index contributed by atoms with van der Waals surface area (Å²) in [4.78, 5) is 13.4. The molecule has 1 saturated heterocycles. The number of aliphatic imine (C=N–C) groups is 1. The van der Waals surface area contributed by atoms with E-state index in [1.54, 1.807) is 25.6 Å².